The zero-order valence-electron chi connectivity index (χ0n) is 12.4. The number of nitrogen functional groups attached to an aromatic ring is 1. The third-order valence-electron chi connectivity index (χ3n) is 3.86. The standard InChI is InChI=1S/C15H23N3O2/c1-4-20-15(19)13-9-12(5-6-14(13)16)18-8-7-17(3)11(2)10-18/h5-6,9,11H,4,7-8,10,16H2,1-3H3. The van der Waals surface area contributed by atoms with Crippen molar-refractivity contribution >= 4 is 17.3 Å². The zero-order valence-corrected chi connectivity index (χ0v) is 12.4. The van der Waals surface area contributed by atoms with Crippen LogP contribution < -0.4 is 10.6 Å². The maximum Gasteiger partial charge on any atom is 0.340 e. The van der Waals surface area contributed by atoms with E-state index in [0.717, 1.165) is 25.3 Å². The molecular weight excluding hydrogens is 254 g/mol. The van der Waals surface area contributed by atoms with E-state index in [1.54, 1.807) is 13.0 Å². The van der Waals surface area contributed by atoms with Gasteiger partial charge < -0.3 is 20.3 Å². The number of ether oxygens (including phenoxy) is 1. The summed E-state index contributed by atoms with van der Waals surface area (Å²) in [5.74, 6) is -0.353. The van der Waals surface area contributed by atoms with Crippen molar-refractivity contribution < 1.29 is 9.53 Å². The highest BCUT2D eigenvalue weighted by Gasteiger charge is 2.22. The van der Waals surface area contributed by atoms with Crippen LogP contribution in [0.5, 0.6) is 0 Å². The van der Waals surface area contributed by atoms with Gasteiger partial charge >= 0.3 is 5.97 Å². The minimum Gasteiger partial charge on any atom is -0.462 e. The Labute approximate surface area is 120 Å². The van der Waals surface area contributed by atoms with Gasteiger partial charge in [0.2, 0.25) is 0 Å². The number of hydrogen-bond donors (Lipinski definition) is 1. The summed E-state index contributed by atoms with van der Waals surface area (Å²) in [6, 6.07) is 6.08. The van der Waals surface area contributed by atoms with Crippen LogP contribution >= 0.6 is 0 Å². The van der Waals surface area contributed by atoms with E-state index in [0.29, 0.717) is 23.9 Å². The lowest BCUT2D eigenvalue weighted by Gasteiger charge is -2.39. The SMILES string of the molecule is CCOC(=O)c1cc(N2CCN(C)C(C)C2)ccc1N. The minimum absolute atomic E-state index is 0.353. The van der Waals surface area contributed by atoms with E-state index in [4.69, 9.17) is 10.5 Å². The monoisotopic (exact) mass is 277 g/mol. The fourth-order valence-corrected chi connectivity index (χ4v) is 2.41. The fraction of sp³-hybridized carbons (Fsp3) is 0.533. The van der Waals surface area contributed by atoms with Crippen LogP contribution in [0.3, 0.4) is 0 Å². The second-order valence-corrected chi connectivity index (χ2v) is 5.27. The Bertz CT molecular complexity index is 490. The lowest BCUT2D eigenvalue weighted by atomic mass is 10.1. The number of nitrogens with zero attached hydrogens (tertiary/aromatic N) is 2. The zero-order chi connectivity index (χ0) is 14.7. The quantitative estimate of drug-likeness (QED) is 0.671. The molecule has 1 heterocycles. The number of hydrogen-bond acceptors (Lipinski definition) is 5. The molecule has 1 aliphatic rings. The Balaban J connectivity index is 2.21. The van der Waals surface area contributed by atoms with Gasteiger partial charge in [-0.05, 0) is 39.1 Å². The molecule has 0 radical (unpaired) electrons. The Morgan fingerprint density at radius 3 is 2.85 bits per heavy atom. The first kappa shape index (κ1) is 14.7. The van der Waals surface area contributed by atoms with Crippen molar-refractivity contribution in [3.05, 3.63) is 23.8 Å². The molecule has 2 rings (SSSR count). The molecule has 1 aromatic rings. The summed E-state index contributed by atoms with van der Waals surface area (Å²) in [6.45, 7) is 7.26. The number of nitrogens with two attached hydrogens (primary N) is 1. The molecule has 0 spiro atoms. The predicted octanol–water partition coefficient (Wildman–Crippen LogP) is 1.59. The van der Waals surface area contributed by atoms with Gasteiger partial charge in [-0.15, -0.1) is 0 Å². The van der Waals surface area contributed by atoms with E-state index >= 15 is 0 Å². The highest BCUT2D eigenvalue weighted by atomic mass is 16.5. The first-order chi connectivity index (χ1) is 9.52. The molecule has 1 aliphatic heterocycles. The van der Waals surface area contributed by atoms with Crippen LogP contribution in [0.2, 0.25) is 0 Å². The lowest BCUT2D eigenvalue weighted by molar-refractivity contribution is 0.0527. The summed E-state index contributed by atoms with van der Waals surface area (Å²) in [7, 11) is 2.13. The maximum atomic E-state index is 11.9. The normalized spacial score (nSPS) is 19.9. The highest BCUT2D eigenvalue weighted by Crippen LogP contribution is 2.24. The van der Waals surface area contributed by atoms with Crippen molar-refractivity contribution in [1.82, 2.24) is 4.90 Å². The van der Waals surface area contributed by atoms with E-state index < -0.39 is 0 Å². The third kappa shape index (κ3) is 3.04. The summed E-state index contributed by atoms with van der Waals surface area (Å²) in [5, 5.41) is 0. The largest absolute Gasteiger partial charge is 0.462 e. The number of carbonyl (C=O) groups excluding carboxylic acids is 1. The molecule has 110 valence electrons. The van der Waals surface area contributed by atoms with Crippen molar-refractivity contribution in [2.24, 2.45) is 0 Å². The van der Waals surface area contributed by atoms with E-state index in [1.165, 1.54) is 0 Å². The molecule has 1 saturated heterocycles. The molecule has 20 heavy (non-hydrogen) atoms. The Hall–Kier alpha value is -1.75. The van der Waals surface area contributed by atoms with Crippen LogP contribution in [0, 0.1) is 0 Å². The van der Waals surface area contributed by atoms with Crippen LogP contribution in [-0.2, 0) is 4.74 Å². The van der Waals surface area contributed by atoms with Gasteiger partial charge in [0.15, 0.2) is 0 Å². The van der Waals surface area contributed by atoms with Gasteiger partial charge in [-0.1, -0.05) is 0 Å². The molecule has 5 heteroatoms. The number of likely N-dealkylation sites (N-methyl/N-ethyl adjacent to an activating group) is 1. The van der Waals surface area contributed by atoms with Gasteiger partial charge in [-0.2, -0.15) is 0 Å². The van der Waals surface area contributed by atoms with E-state index in [9.17, 15) is 4.79 Å². The first-order valence-electron chi connectivity index (χ1n) is 7.04. The molecular formula is C15H23N3O2. The molecule has 1 unspecified atom stereocenters. The predicted molar refractivity (Wildman–Crippen MR) is 81.1 cm³/mol. The van der Waals surface area contributed by atoms with Crippen molar-refractivity contribution in [3.8, 4) is 0 Å². The van der Waals surface area contributed by atoms with Crippen LogP contribution in [0.15, 0.2) is 18.2 Å². The Morgan fingerprint density at radius 2 is 2.20 bits per heavy atom. The van der Waals surface area contributed by atoms with Gasteiger partial charge in [0.25, 0.3) is 0 Å². The number of anilines is 2. The summed E-state index contributed by atoms with van der Waals surface area (Å²) >= 11 is 0. The molecule has 0 bridgehead atoms. The molecule has 2 N–H and O–H groups in total. The van der Waals surface area contributed by atoms with Gasteiger partial charge in [0.05, 0.1) is 12.2 Å². The topological polar surface area (TPSA) is 58.8 Å². The first-order valence-corrected chi connectivity index (χ1v) is 7.04. The molecule has 1 fully saturated rings. The molecule has 1 aromatic carbocycles. The molecule has 1 atom stereocenters. The lowest BCUT2D eigenvalue weighted by Crippen LogP contribution is -2.50. The number of rotatable bonds is 3. The molecule has 0 saturated carbocycles. The van der Waals surface area contributed by atoms with Crippen molar-refractivity contribution in [1.29, 1.82) is 0 Å². The van der Waals surface area contributed by atoms with E-state index in [2.05, 4.69) is 23.8 Å². The fourth-order valence-electron chi connectivity index (χ4n) is 2.41. The Morgan fingerprint density at radius 1 is 1.45 bits per heavy atom. The molecule has 0 amide bonds. The second-order valence-electron chi connectivity index (χ2n) is 5.27. The minimum atomic E-state index is -0.353. The number of piperazine rings is 1. The van der Waals surface area contributed by atoms with Gasteiger partial charge in [0, 0.05) is 37.1 Å². The van der Waals surface area contributed by atoms with Gasteiger partial charge in [-0.25, -0.2) is 4.79 Å². The Kier molecular flexibility index (Phi) is 4.49. The van der Waals surface area contributed by atoms with Crippen molar-refractivity contribution in [2.45, 2.75) is 19.9 Å². The number of carbonyl (C=O) groups is 1. The van der Waals surface area contributed by atoms with Gasteiger partial charge in [-0.3, -0.25) is 0 Å². The van der Waals surface area contributed by atoms with Crippen LogP contribution in [0.4, 0.5) is 11.4 Å². The molecule has 5 nitrogen and oxygen atoms in total. The summed E-state index contributed by atoms with van der Waals surface area (Å²) in [5.41, 5.74) is 7.82. The number of benzene rings is 1. The summed E-state index contributed by atoms with van der Waals surface area (Å²) in [6.07, 6.45) is 0. The van der Waals surface area contributed by atoms with Gasteiger partial charge in [0.1, 0.15) is 0 Å². The summed E-state index contributed by atoms with van der Waals surface area (Å²) in [4.78, 5) is 16.5. The molecule has 0 aromatic heterocycles. The van der Waals surface area contributed by atoms with Crippen molar-refractivity contribution in [2.75, 3.05) is 43.9 Å². The van der Waals surface area contributed by atoms with Crippen molar-refractivity contribution in [3.63, 3.8) is 0 Å². The van der Waals surface area contributed by atoms with Crippen LogP contribution in [0.1, 0.15) is 24.2 Å². The average molecular weight is 277 g/mol. The number of esters is 1. The maximum absolute atomic E-state index is 11.9. The molecule has 0 aliphatic carbocycles. The summed E-state index contributed by atoms with van der Waals surface area (Å²) < 4.78 is 5.04. The van der Waals surface area contributed by atoms with Crippen LogP contribution in [0.25, 0.3) is 0 Å². The highest BCUT2D eigenvalue weighted by molar-refractivity contribution is 5.96. The second kappa shape index (κ2) is 6.13. The van der Waals surface area contributed by atoms with E-state index in [-0.39, 0.29) is 5.97 Å². The van der Waals surface area contributed by atoms with E-state index in [1.807, 2.05) is 12.1 Å². The average Bonchev–Trinajstić information content (AvgIpc) is 2.42. The van der Waals surface area contributed by atoms with Crippen LogP contribution in [-0.4, -0.2) is 50.2 Å². The smallest absolute Gasteiger partial charge is 0.340 e. The third-order valence-corrected chi connectivity index (χ3v) is 3.86.